The fourth-order valence-corrected chi connectivity index (χ4v) is 9.76. The van der Waals surface area contributed by atoms with E-state index in [0.29, 0.717) is 0 Å². The second kappa shape index (κ2) is 11.3. The second-order valence-electron chi connectivity index (χ2n) is 14.4. The van der Waals surface area contributed by atoms with E-state index in [1.165, 1.54) is 89.4 Å². The summed E-state index contributed by atoms with van der Waals surface area (Å²) >= 11 is 0. The lowest BCUT2D eigenvalue weighted by Gasteiger charge is -2.50. The number of rotatable bonds is 4. The Morgan fingerprint density at radius 1 is 0.423 bits per heavy atom. The van der Waals surface area contributed by atoms with Crippen molar-refractivity contribution in [3.05, 3.63) is 233 Å². The lowest BCUT2D eigenvalue weighted by molar-refractivity contribution is 0.679. The summed E-state index contributed by atoms with van der Waals surface area (Å²) in [7, 11) is 0. The molecule has 0 aromatic heterocycles. The third kappa shape index (κ3) is 4.05. The van der Waals surface area contributed by atoms with Crippen molar-refractivity contribution in [2.24, 2.45) is 0 Å². The van der Waals surface area contributed by atoms with Crippen LogP contribution in [0, 0.1) is 0 Å². The second-order valence-corrected chi connectivity index (χ2v) is 14.4. The summed E-state index contributed by atoms with van der Waals surface area (Å²) in [6.07, 6.45) is 0.961. The Balaban J connectivity index is 1.31. The van der Waals surface area contributed by atoms with Gasteiger partial charge in [-0.3, -0.25) is 0 Å². The number of nitrogens with zero attached hydrogens (tertiary/aromatic N) is 1. The highest BCUT2D eigenvalue weighted by Gasteiger charge is 2.55. The molecule has 1 spiro atoms. The van der Waals surface area contributed by atoms with Crippen molar-refractivity contribution >= 4 is 17.1 Å². The number of hydrogen-bond acceptors (Lipinski definition) is 1. The Kier molecular flexibility index (Phi) is 6.36. The van der Waals surface area contributed by atoms with E-state index in [2.05, 4.69) is 199 Å². The fourth-order valence-electron chi connectivity index (χ4n) is 9.76. The van der Waals surface area contributed by atoms with Crippen LogP contribution in [0.3, 0.4) is 0 Å². The first-order valence-electron chi connectivity index (χ1n) is 18.4. The molecule has 12 rings (SSSR count). The van der Waals surface area contributed by atoms with Gasteiger partial charge in [0.2, 0.25) is 0 Å². The van der Waals surface area contributed by atoms with Crippen molar-refractivity contribution in [2.75, 3.05) is 4.90 Å². The first-order chi connectivity index (χ1) is 25.8. The van der Waals surface area contributed by atoms with Crippen LogP contribution < -0.4 is 4.90 Å². The monoisotopic (exact) mass is 661 g/mol. The molecule has 0 amide bonds. The molecule has 2 bridgehead atoms. The third-order valence-corrected chi connectivity index (χ3v) is 11.8. The molecular weight excluding hydrogens is 627 g/mol. The van der Waals surface area contributed by atoms with Gasteiger partial charge in [0.05, 0.1) is 16.8 Å². The summed E-state index contributed by atoms with van der Waals surface area (Å²) in [4.78, 5) is 2.56. The van der Waals surface area contributed by atoms with E-state index < -0.39 is 5.41 Å². The van der Waals surface area contributed by atoms with Gasteiger partial charge in [-0.05, 0) is 104 Å². The van der Waals surface area contributed by atoms with Crippen LogP contribution in [0.5, 0.6) is 0 Å². The van der Waals surface area contributed by atoms with Gasteiger partial charge < -0.3 is 4.90 Å². The standard InChI is InChI=1S/C51H35N/c1-4-15-34(16-5-1)37-22-14-23-40(31-37)52-47-29-27-38(35-17-6-2-7-18-35)33-46(47)51-44-25-12-10-21-39(44)32-43(42-24-11-13-26-45(42)51)49-41(28-30-48(52)50(49)51)36-19-8-3-9-20-36/h1-31,33,43H,32H2. The van der Waals surface area contributed by atoms with Crippen LogP contribution >= 0.6 is 0 Å². The summed E-state index contributed by atoms with van der Waals surface area (Å²) in [6, 6.07) is 72.5. The molecule has 1 nitrogen and oxygen atoms in total. The van der Waals surface area contributed by atoms with Crippen molar-refractivity contribution in [1.29, 1.82) is 0 Å². The summed E-state index contributed by atoms with van der Waals surface area (Å²) in [5.41, 5.74) is 20.5. The molecule has 0 radical (unpaired) electrons. The largest absolute Gasteiger partial charge is 0.310 e. The topological polar surface area (TPSA) is 3.24 Å². The quantitative estimate of drug-likeness (QED) is 0.181. The van der Waals surface area contributed by atoms with Crippen molar-refractivity contribution in [3.8, 4) is 33.4 Å². The van der Waals surface area contributed by atoms with E-state index >= 15 is 0 Å². The van der Waals surface area contributed by atoms with Gasteiger partial charge in [-0.1, -0.05) is 164 Å². The summed E-state index contributed by atoms with van der Waals surface area (Å²) in [5, 5.41) is 0. The minimum absolute atomic E-state index is 0.217. The average Bonchev–Trinajstić information content (AvgIpc) is 3.44. The van der Waals surface area contributed by atoms with Gasteiger partial charge >= 0.3 is 0 Å². The zero-order valence-electron chi connectivity index (χ0n) is 28.7. The van der Waals surface area contributed by atoms with Crippen LogP contribution in [0.25, 0.3) is 33.4 Å². The van der Waals surface area contributed by atoms with Gasteiger partial charge in [0, 0.05) is 17.2 Å². The van der Waals surface area contributed by atoms with Crippen LogP contribution in [0.2, 0.25) is 0 Å². The molecule has 1 aliphatic heterocycles. The molecule has 8 aromatic carbocycles. The molecule has 4 aliphatic rings. The van der Waals surface area contributed by atoms with E-state index in [1.54, 1.807) is 0 Å². The van der Waals surface area contributed by atoms with Gasteiger partial charge in [-0.15, -0.1) is 0 Å². The maximum absolute atomic E-state index is 2.56. The average molecular weight is 662 g/mol. The Hall–Kier alpha value is -6.44. The molecular formula is C51H35N. The molecule has 2 unspecified atom stereocenters. The Morgan fingerprint density at radius 3 is 1.77 bits per heavy atom. The molecule has 0 saturated heterocycles. The molecule has 0 N–H and O–H groups in total. The Morgan fingerprint density at radius 2 is 1.02 bits per heavy atom. The van der Waals surface area contributed by atoms with E-state index in [4.69, 9.17) is 0 Å². The van der Waals surface area contributed by atoms with Crippen LogP contribution in [0.1, 0.15) is 44.9 Å². The van der Waals surface area contributed by atoms with Crippen LogP contribution in [0.4, 0.5) is 17.1 Å². The zero-order chi connectivity index (χ0) is 34.2. The van der Waals surface area contributed by atoms with Crippen molar-refractivity contribution in [3.63, 3.8) is 0 Å². The first kappa shape index (κ1) is 29.3. The number of benzene rings is 8. The number of hydrogen-bond donors (Lipinski definition) is 0. The zero-order valence-corrected chi connectivity index (χ0v) is 28.7. The number of fused-ring (bicyclic) bond motifs is 1. The van der Waals surface area contributed by atoms with E-state index in [9.17, 15) is 0 Å². The van der Waals surface area contributed by atoms with E-state index in [-0.39, 0.29) is 5.92 Å². The molecule has 0 saturated carbocycles. The molecule has 244 valence electrons. The smallest absolute Gasteiger partial charge is 0.0751 e. The van der Waals surface area contributed by atoms with Crippen LogP contribution in [-0.2, 0) is 11.8 Å². The van der Waals surface area contributed by atoms with Crippen molar-refractivity contribution in [2.45, 2.75) is 17.8 Å². The lowest BCUT2D eigenvalue weighted by atomic mass is 9.56. The van der Waals surface area contributed by atoms with Crippen LogP contribution in [0.15, 0.2) is 194 Å². The van der Waals surface area contributed by atoms with Crippen molar-refractivity contribution in [1.82, 2.24) is 0 Å². The van der Waals surface area contributed by atoms with Crippen LogP contribution in [-0.4, -0.2) is 0 Å². The minimum atomic E-state index is -0.511. The predicted octanol–water partition coefficient (Wildman–Crippen LogP) is 12.9. The molecule has 1 heteroatoms. The molecule has 1 heterocycles. The molecule has 0 fully saturated rings. The third-order valence-electron chi connectivity index (χ3n) is 11.8. The Labute approximate surface area is 305 Å². The maximum atomic E-state index is 2.56. The summed E-state index contributed by atoms with van der Waals surface area (Å²) in [5.74, 6) is 0.217. The number of anilines is 3. The first-order valence-corrected chi connectivity index (χ1v) is 18.4. The van der Waals surface area contributed by atoms with Crippen molar-refractivity contribution < 1.29 is 0 Å². The fraction of sp³-hybridized carbons (Fsp3) is 0.0588. The molecule has 2 atom stereocenters. The van der Waals surface area contributed by atoms with Gasteiger partial charge in [-0.25, -0.2) is 0 Å². The highest BCUT2D eigenvalue weighted by molar-refractivity contribution is 5.96. The molecule has 3 aliphatic carbocycles. The maximum Gasteiger partial charge on any atom is 0.0751 e. The van der Waals surface area contributed by atoms with Gasteiger partial charge in [-0.2, -0.15) is 0 Å². The molecule has 52 heavy (non-hydrogen) atoms. The summed E-state index contributed by atoms with van der Waals surface area (Å²) < 4.78 is 0. The van der Waals surface area contributed by atoms with Gasteiger partial charge in [0.15, 0.2) is 0 Å². The highest BCUT2D eigenvalue weighted by Crippen LogP contribution is 2.67. The SMILES string of the molecule is c1ccc(-c2cccc(N3c4ccc(-c5ccccc5)cc4C45c6ccccc6CC(c6ccccc64)c4c(-c6ccccc6)ccc3c45)c2)cc1. The van der Waals surface area contributed by atoms with E-state index in [0.717, 1.165) is 6.42 Å². The Bertz CT molecular complexity index is 2640. The lowest BCUT2D eigenvalue weighted by Crippen LogP contribution is -2.41. The summed E-state index contributed by atoms with van der Waals surface area (Å²) in [6.45, 7) is 0. The highest BCUT2D eigenvalue weighted by atomic mass is 15.2. The van der Waals surface area contributed by atoms with Gasteiger partial charge in [0.25, 0.3) is 0 Å². The minimum Gasteiger partial charge on any atom is -0.310 e. The van der Waals surface area contributed by atoms with E-state index in [1.807, 2.05) is 0 Å². The van der Waals surface area contributed by atoms with Gasteiger partial charge in [0.1, 0.15) is 0 Å². The normalized spacial score (nSPS) is 17.4. The molecule has 8 aromatic rings. The predicted molar refractivity (Wildman–Crippen MR) is 215 cm³/mol.